The van der Waals surface area contributed by atoms with Crippen molar-refractivity contribution in [2.75, 3.05) is 0 Å². The first-order chi connectivity index (χ1) is 10.4. The molecule has 0 saturated heterocycles. The van der Waals surface area contributed by atoms with Crippen LogP contribution in [-0.2, 0) is 17.4 Å². The first-order valence-corrected chi connectivity index (χ1v) is 6.12. The van der Waals surface area contributed by atoms with Crippen molar-refractivity contribution in [3.63, 3.8) is 0 Å². The summed E-state index contributed by atoms with van der Waals surface area (Å²) in [6.07, 6.45) is 0. The van der Waals surface area contributed by atoms with Crippen LogP contribution >= 0.6 is 0 Å². The van der Waals surface area contributed by atoms with Crippen molar-refractivity contribution >= 4 is 11.0 Å². The Morgan fingerprint density at radius 2 is 1.52 bits per heavy atom. The number of fused-ring (bicyclic) bond motifs is 1. The van der Waals surface area contributed by atoms with Crippen molar-refractivity contribution in [1.29, 1.82) is 0 Å². The number of hydrogen-bond acceptors (Lipinski definition) is 7. The van der Waals surface area contributed by atoms with Gasteiger partial charge in [0, 0.05) is 35.1 Å². The molecule has 1 aromatic heterocycles. The Morgan fingerprint density at radius 1 is 0.826 bits per heavy atom. The van der Waals surface area contributed by atoms with Gasteiger partial charge in [-0.3, -0.25) is 4.79 Å². The van der Waals surface area contributed by atoms with Crippen LogP contribution in [0, 0.1) is 0 Å². The van der Waals surface area contributed by atoms with Crippen LogP contribution in [0.25, 0.3) is 22.3 Å². The Bertz CT molecular complexity index is 962. The van der Waals surface area contributed by atoms with Crippen LogP contribution in [0.4, 0.5) is 0 Å². The van der Waals surface area contributed by atoms with Gasteiger partial charge in [-0.2, -0.15) is 0 Å². The molecule has 0 radical (unpaired) electrons. The normalized spacial score (nSPS) is 10.4. The number of phenols is 4. The molecule has 0 bridgehead atoms. The molecule has 0 saturated carbocycles. The summed E-state index contributed by atoms with van der Waals surface area (Å²) >= 11 is 0. The molecular formula is C15H10CrO7. The number of hydrogen-bond donors (Lipinski definition) is 5. The molecule has 0 aliphatic carbocycles. The molecule has 0 fully saturated rings. The maximum absolute atomic E-state index is 12.1. The van der Waals surface area contributed by atoms with Crippen LogP contribution < -0.4 is 5.43 Å². The summed E-state index contributed by atoms with van der Waals surface area (Å²) in [4.78, 5) is 12.1. The van der Waals surface area contributed by atoms with Gasteiger partial charge in [-0.05, 0) is 18.2 Å². The Morgan fingerprint density at radius 3 is 2.17 bits per heavy atom. The van der Waals surface area contributed by atoms with E-state index in [4.69, 9.17) is 4.42 Å². The number of phenolic OH excluding ortho intramolecular Hbond substituents is 4. The molecule has 118 valence electrons. The minimum Gasteiger partial charge on any atom is -0.508 e. The van der Waals surface area contributed by atoms with Gasteiger partial charge >= 0.3 is 0 Å². The van der Waals surface area contributed by atoms with E-state index in [1.807, 2.05) is 0 Å². The average Bonchev–Trinajstić information content (AvgIpc) is 2.45. The van der Waals surface area contributed by atoms with Crippen molar-refractivity contribution < 1.29 is 47.3 Å². The van der Waals surface area contributed by atoms with Crippen LogP contribution in [0.1, 0.15) is 0 Å². The molecule has 3 rings (SSSR count). The molecule has 0 aliphatic heterocycles. The van der Waals surface area contributed by atoms with E-state index in [1.54, 1.807) is 0 Å². The summed E-state index contributed by atoms with van der Waals surface area (Å²) in [6, 6.07) is 5.64. The minimum absolute atomic E-state index is 0. The van der Waals surface area contributed by atoms with Crippen molar-refractivity contribution in [2.24, 2.45) is 0 Å². The minimum atomic E-state index is -0.888. The third kappa shape index (κ3) is 2.66. The van der Waals surface area contributed by atoms with Gasteiger partial charge in [-0.1, -0.05) is 0 Å². The van der Waals surface area contributed by atoms with Crippen molar-refractivity contribution in [3.05, 3.63) is 40.6 Å². The Labute approximate surface area is 139 Å². The molecule has 0 atom stereocenters. The molecular weight excluding hydrogens is 344 g/mol. The van der Waals surface area contributed by atoms with Crippen LogP contribution in [0.5, 0.6) is 28.7 Å². The molecule has 0 unspecified atom stereocenters. The van der Waals surface area contributed by atoms with Gasteiger partial charge < -0.3 is 29.9 Å². The van der Waals surface area contributed by atoms with E-state index >= 15 is 0 Å². The fraction of sp³-hybridized carbons (Fsp3) is 0. The van der Waals surface area contributed by atoms with Crippen molar-refractivity contribution in [3.8, 4) is 40.1 Å². The summed E-state index contributed by atoms with van der Waals surface area (Å²) in [5.41, 5.74) is -0.890. The second-order valence-corrected chi connectivity index (χ2v) is 4.65. The SMILES string of the molecule is O=c1c(O)c(-c2ccc(O)c(O)c2)oc2cc(O)cc(O)c12.[Cr]. The zero-order valence-electron chi connectivity index (χ0n) is 11.3. The maximum atomic E-state index is 12.1. The standard InChI is InChI=1S/C15H10O7.Cr/c16-7-4-10(19)12-11(5-7)22-15(14(21)13(12)20)6-1-2-8(17)9(18)3-6;/h1-5,16-19,21H;. The Hall–Kier alpha value is -2.82. The monoisotopic (exact) mass is 354 g/mol. The van der Waals surface area contributed by atoms with E-state index < -0.39 is 22.7 Å². The predicted molar refractivity (Wildman–Crippen MR) is 76.2 cm³/mol. The summed E-state index contributed by atoms with van der Waals surface area (Å²) in [5, 5.41) is 47.6. The van der Waals surface area contributed by atoms with E-state index in [-0.39, 0.29) is 51.2 Å². The summed E-state index contributed by atoms with van der Waals surface area (Å²) in [5.74, 6) is -2.71. The van der Waals surface area contributed by atoms with E-state index in [9.17, 15) is 30.3 Å². The van der Waals surface area contributed by atoms with Crippen LogP contribution in [-0.4, -0.2) is 25.5 Å². The molecule has 23 heavy (non-hydrogen) atoms. The zero-order valence-corrected chi connectivity index (χ0v) is 12.6. The van der Waals surface area contributed by atoms with E-state index in [0.717, 1.165) is 24.3 Å². The zero-order chi connectivity index (χ0) is 16.0. The average molecular weight is 354 g/mol. The molecule has 7 nitrogen and oxygen atoms in total. The smallest absolute Gasteiger partial charge is 0.238 e. The van der Waals surface area contributed by atoms with Gasteiger partial charge in [0.05, 0.1) is 0 Å². The summed E-state index contributed by atoms with van der Waals surface area (Å²) in [6.45, 7) is 0. The number of aromatic hydroxyl groups is 5. The van der Waals surface area contributed by atoms with E-state index in [2.05, 4.69) is 0 Å². The third-order valence-electron chi connectivity index (χ3n) is 3.17. The number of rotatable bonds is 1. The van der Waals surface area contributed by atoms with E-state index in [1.165, 1.54) is 6.07 Å². The van der Waals surface area contributed by atoms with Gasteiger partial charge in [-0.15, -0.1) is 0 Å². The first-order valence-electron chi connectivity index (χ1n) is 6.12. The summed E-state index contributed by atoms with van der Waals surface area (Å²) in [7, 11) is 0. The Balaban J connectivity index is 0.00000192. The maximum Gasteiger partial charge on any atom is 0.238 e. The molecule has 0 amide bonds. The van der Waals surface area contributed by atoms with Crippen LogP contribution in [0.2, 0.25) is 0 Å². The van der Waals surface area contributed by atoms with Gasteiger partial charge in [0.2, 0.25) is 11.2 Å². The van der Waals surface area contributed by atoms with Crippen LogP contribution in [0.3, 0.4) is 0 Å². The summed E-state index contributed by atoms with van der Waals surface area (Å²) < 4.78 is 5.35. The van der Waals surface area contributed by atoms with Gasteiger partial charge in [0.15, 0.2) is 17.3 Å². The van der Waals surface area contributed by atoms with Crippen molar-refractivity contribution in [1.82, 2.24) is 0 Å². The fourth-order valence-electron chi connectivity index (χ4n) is 2.14. The second kappa shape index (κ2) is 5.76. The molecule has 1 heterocycles. The fourth-order valence-corrected chi connectivity index (χ4v) is 2.14. The third-order valence-corrected chi connectivity index (χ3v) is 3.17. The topological polar surface area (TPSA) is 131 Å². The van der Waals surface area contributed by atoms with Crippen LogP contribution in [0.15, 0.2) is 39.5 Å². The number of benzene rings is 2. The molecule has 5 N–H and O–H groups in total. The molecule has 8 heteroatoms. The molecule has 0 spiro atoms. The van der Waals surface area contributed by atoms with Gasteiger partial charge in [-0.25, -0.2) is 0 Å². The molecule has 3 aromatic rings. The Kier molecular flexibility index (Phi) is 4.14. The van der Waals surface area contributed by atoms with E-state index in [0.29, 0.717) is 0 Å². The largest absolute Gasteiger partial charge is 0.508 e. The molecule has 2 aromatic carbocycles. The second-order valence-electron chi connectivity index (χ2n) is 4.65. The predicted octanol–water partition coefficient (Wildman–Crippen LogP) is 1.99. The molecule has 0 aliphatic rings. The van der Waals surface area contributed by atoms with Crippen molar-refractivity contribution in [2.45, 2.75) is 0 Å². The first kappa shape index (κ1) is 16.6. The van der Waals surface area contributed by atoms with Gasteiger partial charge in [0.1, 0.15) is 22.5 Å². The van der Waals surface area contributed by atoms with Gasteiger partial charge in [0.25, 0.3) is 0 Å². The quantitative estimate of drug-likeness (QED) is 0.422.